The van der Waals surface area contributed by atoms with Crippen LogP contribution in [0, 0.1) is 0 Å². The average molecular weight is 496 g/mol. The van der Waals surface area contributed by atoms with E-state index in [0.29, 0.717) is 46.1 Å². The third-order valence-corrected chi connectivity index (χ3v) is 6.46. The average Bonchev–Trinajstić information content (AvgIpc) is 3.37. The van der Waals surface area contributed by atoms with Gasteiger partial charge in [0.25, 0.3) is 5.56 Å². The molecule has 9 nitrogen and oxygen atoms in total. The van der Waals surface area contributed by atoms with Gasteiger partial charge in [0.1, 0.15) is 17.0 Å². The number of aromatic nitrogens is 2. The summed E-state index contributed by atoms with van der Waals surface area (Å²) in [5, 5.41) is 4.57. The maximum atomic E-state index is 13.4. The highest BCUT2D eigenvalue weighted by Gasteiger charge is 2.19. The molecule has 4 rings (SSSR count). The molecule has 1 N–H and O–H groups in total. The monoisotopic (exact) mass is 495 g/mol. The van der Waals surface area contributed by atoms with Crippen molar-refractivity contribution >= 4 is 27.5 Å². The Morgan fingerprint density at radius 1 is 0.943 bits per heavy atom. The van der Waals surface area contributed by atoms with Gasteiger partial charge in [-0.05, 0) is 47.7 Å². The summed E-state index contributed by atoms with van der Waals surface area (Å²) in [6, 6.07) is 14.0. The number of methoxy groups -OCH3 is 3. The lowest BCUT2D eigenvalue weighted by atomic mass is 10.1. The van der Waals surface area contributed by atoms with Crippen molar-refractivity contribution in [3.63, 3.8) is 0 Å². The summed E-state index contributed by atoms with van der Waals surface area (Å²) in [7, 11) is 4.61. The molecule has 0 aliphatic rings. The fourth-order valence-electron chi connectivity index (χ4n) is 3.85. The van der Waals surface area contributed by atoms with Crippen molar-refractivity contribution in [2.75, 3.05) is 27.9 Å². The van der Waals surface area contributed by atoms with E-state index in [1.54, 1.807) is 49.9 Å². The highest BCUT2D eigenvalue weighted by atomic mass is 32.1. The lowest BCUT2D eigenvalue weighted by molar-refractivity contribution is -0.121. The molecule has 0 radical (unpaired) electrons. The van der Waals surface area contributed by atoms with Gasteiger partial charge in [-0.2, -0.15) is 0 Å². The number of nitrogens with one attached hydrogen (secondary N) is 1. The first-order chi connectivity index (χ1) is 17.0. The molecule has 35 heavy (non-hydrogen) atoms. The number of benzene rings is 2. The fraction of sp³-hybridized carbons (Fsp3) is 0.240. The third kappa shape index (κ3) is 4.78. The minimum absolute atomic E-state index is 0.229. The molecule has 4 aromatic rings. The first kappa shape index (κ1) is 24.1. The highest BCUT2D eigenvalue weighted by molar-refractivity contribution is 7.17. The summed E-state index contributed by atoms with van der Waals surface area (Å²) < 4.78 is 18.7. The molecule has 0 atom stereocenters. The molecule has 0 aliphatic heterocycles. The molecule has 0 bridgehead atoms. The number of amides is 1. The van der Waals surface area contributed by atoms with E-state index in [1.165, 1.54) is 23.0 Å². The standard InChI is InChI=1S/C25H25N3O6S/c1-32-19-7-5-4-6-17(19)28-24(30)23-18(11-13-35-23)27(25(28)31)15-22(29)26-12-10-16-8-9-20(33-2)21(14-16)34-3/h4-9,11,13-14H,10,12,15H2,1-3H3,(H,26,29). The SMILES string of the molecule is COc1ccc(CCNC(=O)Cn2c(=O)n(-c3ccccc3OC)c(=O)c3sccc32)cc1OC. The van der Waals surface area contributed by atoms with Gasteiger partial charge in [-0.3, -0.25) is 14.2 Å². The number of ether oxygens (including phenoxy) is 3. The molecular weight excluding hydrogens is 470 g/mol. The normalized spacial score (nSPS) is 10.8. The number of carbonyl (C=O) groups is 1. The molecule has 0 fully saturated rings. The fourth-order valence-corrected chi connectivity index (χ4v) is 4.67. The second-order valence-electron chi connectivity index (χ2n) is 7.61. The zero-order valence-corrected chi connectivity index (χ0v) is 20.4. The lowest BCUT2D eigenvalue weighted by Crippen LogP contribution is -2.41. The summed E-state index contributed by atoms with van der Waals surface area (Å²) >= 11 is 1.22. The van der Waals surface area contributed by atoms with E-state index < -0.39 is 11.2 Å². The van der Waals surface area contributed by atoms with Crippen molar-refractivity contribution in [2.45, 2.75) is 13.0 Å². The van der Waals surface area contributed by atoms with Gasteiger partial charge in [-0.25, -0.2) is 9.36 Å². The number of thiophene rings is 1. The zero-order valence-electron chi connectivity index (χ0n) is 19.6. The number of carbonyl (C=O) groups excluding carboxylic acids is 1. The minimum atomic E-state index is -0.611. The summed E-state index contributed by atoms with van der Waals surface area (Å²) in [5.41, 5.74) is 0.647. The molecular formula is C25H25N3O6S. The summed E-state index contributed by atoms with van der Waals surface area (Å²) in [6.45, 7) is 0.134. The molecule has 2 heterocycles. The van der Waals surface area contributed by atoms with E-state index in [0.717, 1.165) is 10.1 Å². The Bertz CT molecular complexity index is 1490. The van der Waals surface area contributed by atoms with Crippen LogP contribution in [0.4, 0.5) is 0 Å². The van der Waals surface area contributed by atoms with Crippen molar-refractivity contribution in [1.29, 1.82) is 0 Å². The number of hydrogen-bond acceptors (Lipinski definition) is 7. The van der Waals surface area contributed by atoms with Gasteiger partial charge < -0.3 is 19.5 Å². The topological polar surface area (TPSA) is 101 Å². The van der Waals surface area contributed by atoms with E-state index in [9.17, 15) is 14.4 Å². The van der Waals surface area contributed by atoms with Crippen LogP contribution in [0.15, 0.2) is 63.5 Å². The predicted molar refractivity (Wildman–Crippen MR) is 134 cm³/mol. The quantitative estimate of drug-likeness (QED) is 0.383. The Balaban J connectivity index is 1.58. The first-order valence-corrected chi connectivity index (χ1v) is 11.7. The predicted octanol–water partition coefficient (Wildman–Crippen LogP) is 2.60. The maximum absolute atomic E-state index is 13.4. The number of rotatable bonds is 9. The number of hydrogen-bond donors (Lipinski definition) is 1. The van der Waals surface area contributed by atoms with Crippen LogP contribution in [0.3, 0.4) is 0 Å². The van der Waals surface area contributed by atoms with E-state index >= 15 is 0 Å². The van der Waals surface area contributed by atoms with Crippen molar-refractivity contribution in [2.24, 2.45) is 0 Å². The summed E-state index contributed by atoms with van der Waals surface area (Å²) in [5.74, 6) is 1.28. The van der Waals surface area contributed by atoms with Crippen LogP contribution >= 0.6 is 11.3 Å². The Morgan fingerprint density at radius 3 is 2.43 bits per heavy atom. The van der Waals surface area contributed by atoms with Crippen LogP contribution in [0.1, 0.15) is 5.56 Å². The van der Waals surface area contributed by atoms with Crippen LogP contribution < -0.4 is 30.8 Å². The van der Waals surface area contributed by atoms with Crippen molar-refractivity contribution < 1.29 is 19.0 Å². The first-order valence-electron chi connectivity index (χ1n) is 10.8. The second-order valence-corrected chi connectivity index (χ2v) is 8.52. The molecule has 0 aliphatic carbocycles. The maximum Gasteiger partial charge on any atom is 0.336 e. The Labute approximate surface area is 205 Å². The van der Waals surface area contributed by atoms with E-state index in [-0.39, 0.29) is 12.5 Å². The number of nitrogens with zero attached hydrogens (tertiary/aromatic N) is 2. The van der Waals surface area contributed by atoms with Gasteiger partial charge >= 0.3 is 5.69 Å². The molecule has 0 saturated carbocycles. The molecule has 2 aromatic carbocycles. The van der Waals surface area contributed by atoms with Gasteiger partial charge in [-0.1, -0.05) is 18.2 Å². The van der Waals surface area contributed by atoms with Crippen LogP contribution in [0.5, 0.6) is 17.2 Å². The van der Waals surface area contributed by atoms with E-state index in [2.05, 4.69) is 5.32 Å². The Hall–Kier alpha value is -4.05. The van der Waals surface area contributed by atoms with Gasteiger partial charge in [0, 0.05) is 6.54 Å². The summed E-state index contributed by atoms with van der Waals surface area (Å²) in [4.78, 5) is 39.3. The molecule has 0 saturated heterocycles. The van der Waals surface area contributed by atoms with Crippen molar-refractivity contribution in [1.82, 2.24) is 14.5 Å². The van der Waals surface area contributed by atoms with E-state index in [1.807, 2.05) is 18.2 Å². The lowest BCUT2D eigenvalue weighted by Gasteiger charge is -2.14. The third-order valence-electron chi connectivity index (χ3n) is 5.57. The molecule has 182 valence electrons. The smallest absolute Gasteiger partial charge is 0.336 e. The Morgan fingerprint density at radius 2 is 1.69 bits per heavy atom. The highest BCUT2D eigenvalue weighted by Crippen LogP contribution is 2.27. The molecule has 1 amide bonds. The van der Waals surface area contributed by atoms with Crippen LogP contribution in [0.2, 0.25) is 0 Å². The number of fused-ring (bicyclic) bond motifs is 1. The van der Waals surface area contributed by atoms with Gasteiger partial charge in [0.05, 0.1) is 32.5 Å². The molecule has 2 aromatic heterocycles. The van der Waals surface area contributed by atoms with Gasteiger partial charge in [0.2, 0.25) is 5.91 Å². The van der Waals surface area contributed by atoms with Gasteiger partial charge in [0.15, 0.2) is 11.5 Å². The second kappa shape index (κ2) is 10.5. The van der Waals surface area contributed by atoms with Crippen LogP contribution in [0.25, 0.3) is 15.9 Å². The van der Waals surface area contributed by atoms with Crippen molar-refractivity contribution in [3.8, 4) is 22.9 Å². The van der Waals surface area contributed by atoms with Gasteiger partial charge in [-0.15, -0.1) is 11.3 Å². The Kier molecular flexibility index (Phi) is 7.21. The minimum Gasteiger partial charge on any atom is -0.495 e. The van der Waals surface area contributed by atoms with Crippen LogP contribution in [-0.4, -0.2) is 42.9 Å². The largest absolute Gasteiger partial charge is 0.495 e. The summed E-state index contributed by atoms with van der Waals surface area (Å²) in [6.07, 6.45) is 0.565. The molecule has 0 unspecified atom stereocenters. The van der Waals surface area contributed by atoms with Crippen LogP contribution in [-0.2, 0) is 17.8 Å². The number of para-hydroxylation sites is 2. The molecule has 0 spiro atoms. The van der Waals surface area contributed by atoms with Crippen molar-refractivity contribution in [3.05, 3.63) is 80.3 Å². The van der Waals surface area contributed by atoms with E-state index in [4.69, 9.17) is 14.2 Å². The molecule has 10 heteroatoms. The zero-order chi connectivity index (χ0) is 24.9.